The first-order chi connectivity index (χ1) is 32.0. The summed E-state index contributed by atoms with van der Waals surface area (Å²) in [4.78, 5) is 62.7. The molecule has 4 saturated carbocycles. The maximum absolute atomic E-state index is 14.2. The van der Waals surface area contributed by atoms with Gasteiger partial charge >= 0.3 is 17.9 Å². The van der Waals surface area contributed by atoms with Crippen molar-refractivity contribution in [3.05, 3.63) is 81.5 Å². The quantitative estimate of drug-likeness (QED) is 0.0790. The van der Waals surface area contributed by atoms with Crippen LogP contribution in [0.3, 0.4) is 0 Å². The zero-order chi connectivity index (χ0) is 52.0. The number of ketones is 2. The van der Waals surface area contributed by atoms with Gasteiger partial charge in [0.15, 0.2) is 23.3 Å². The summed E-state index contributed by atoms with van der Waals surface area (Å²) in [7, 11) is 0. The lowest BCUT2D eigenvalue weighted by Gasteiger charge is -2.48. The lowest BCUT2D eigenvalue weighted by molar-refractivity contribution is -0.201. The van der Waals surface area contributed by atoms with Gasteiger partial charge in [-0.15, -0.1) is 0 Å². The number of allylic oxidation sites excluding steroid dienone is 5. The topological polar surface area (TPSA) is 245 Å². The van der Waals surface area contributed by atoms with Crippen LogP contribution in [-0.2, 0) is 33.4 Å². The average molecular weight is 961 g/mol. The number of ether oxygens (including phenoxy) is 2. The predicted octanol–water partition coefficient (Wildman–Crippen LogP) is 5.14. The van der Waals surface area contributed by atoms with E-state index in [0.717, 1.165) is 12.8 Å². The Morgan fingerprint density at radius 1 is 0.623 bits per heavy atom. The molecule has 2 spiro atoms. The molecular formula is C55H76O14. The Morgan fingerprint density at radius 2 is 0.986 bits per heavy atom. The number of fused-ring (bicyclic) bond motifs is 6. The summed E-state index contributed by atoms with van der Waals surface area (Å²) in [6.45, 7) is 24.9. The molecule has 14 nitrogen and oxygen atoms in total. The maximum atomic E-state index is 14.2. The van der Waals surface area contributed by atoms with Crippen LogP contribution in [0, 0.1) is 69.0 Å². The van der Waals surface area contributed by atoms with Crippen molar-refractivity contribution in [1.82, 2.24) is 0 Å². The van der Waals surface area contributed by atoms with Crippen LogP contribution in [0.4, 0.5) is 0 Å². The van der Waals surface area contributed by atoms with E-state index in [9.17, 15) is 59.7 Å². The number of hydrogen-bond acceptors (Lipinski definition) is 14. The Bertz CT molecular complexity index is 2370. The first kappa shape index (κ1) is 54.2. The van der Waals surface area contributed by atoms with Gasteiger partial charge in [0, 0.05) is 28.6 Å². The monoisotopic (exact) mass is 961 g/mol. The number of esters is 3. The summed E-state index contributed by atoms with van der Waals surface area (Å²) in [5.74, 6) is -2.59. The molecule has 0 saturated heterocycles. The largest absolute Gasteiger partial charge is 0.451 e. The van der Waals surface area contributed by atoms with Crippen molar-refractivity contribution in [2.45, 2.75) is 145 Å². The Balaban J connectivity index is 0.000000185. The van der Waals surface area contributed by atoms with Crippen molar-refractivity contribution >= 4 is 29.5 Å². The Hall–Kier alpha value is -4.15. The summed E-state index contributed by atoms with van der Waals surface area (Å²) in [5, 5.41) is 76.7. The van der Waals surface area contributed by atoms with E-state index in [4.69, 9.17) is 4.74 Å². The zero-order valence-electron chi connectivity index (χ0n) is 42.8. The van der Waals surface area contributed by atoms with E-state index in [1.165, 1.54) is 0 Å². The number of aliphatic hydroxyl groups excluding tert-OH is 5. The lowest BCUT2D eigenvalue weighted by Crippen LogP contribution is -2.65. The van der Waals surface area contributed by atoms with Crippen molar-refractivity contribution < 1.29 is 69.2 Å². The zero-order valence-corrected chi connectivity index (χ0v) is 42.8. The molecule has 8 rings (SSSR count). The van der Waals surface area contributed by atoms with Gasteiger partial charge in [-0.25, -0.2) is 14.4 Å². The van der Waals surface area contributed by atoms with E-state index in [2.05, 4.69) is 32.4 Å². The predicted molar refractivity (Wildman–Crippen MR) is 256 cm³/mol. The maximum Gasteiger partial charge on any atom is 0.341 e. The molecule has 380 valence electrons. The van der Waals surface area contributed by atoms with E-state index in [0.29, 0.717) is 39.7 Å². The van der Waals surface area contributed by atoms with Gasteiger partial charge in [0.2, 0.25) is 0 Å². The number of carbonyl (C=O) groups is 5. The molecule has 8 aliphatic carbocycles. The van der Waals surface area contributed by atoms with Crippen LogP contribution in [0.5, 0.6) is 0 Å². The second kappa shape index (κ2) is 18.5. The van der Waals surface area contributed by atoms with E-state index >= 15 is 0 Å². The van der Waals surface area contributed by atoms with E-state index in [-0.39, 0.29) is 57.2 Å². The van der Waals surface area contributed by atoms with Crippen LogP contribution in [0.1, 0.15) is 110 Å². The Morgan fingerprint density at radius 3 is 1.38 bits per heavy atom. The SMILES string of the molecule is C/C=C(/C)C(=O)OC(=O)/C(C)=C\C.C/C=C(/C)C(=O)O[C@H]1C(C)=C[C@]23C(=O)[C@@H](C=C(CO)[C@@H](O)[C@]12O)[C@H]1[C@@H](C[C@H]3C)C1(C)C.CC1=C[C@]23C(=O)[C@@H](C=C(CO)[C@@H](O)[C@]2(O)[C@H]1O)[C@H]1[C@@H](C[C@H]3C)C1(C)C. The standard InChI is InChI=1S/C25H34O6.C20H28O5.C10H14O3/c1-7-12(2)22(29)31-21-13(3)10-24-14(4)8-17-18(23(17,5)6)16(20(24)28)9-15(11-26)19(27)25(21,24)30;1-9-7-19-10(2)5-13-14(18(13,3)4)12(17(19)24)6-11(8-21)16(23)20(19,25)15(9)22;1-5-7(3)9(11)13-10(12)8(4)6-2/h7,9-10,14,16-19,21,26-27,30H,8,11H2,1-6H3;6-7,10,12-16,21-23,25H,5,8H2,1-4H3;5-6H,1-4H3/b12-7-;;7-5-,8-6-/t14-,16+,17-,18+,19-,21+,24+,25+;10-,12+,13-,14+,15+,16-,19+,20-;/m11./s1. The first-order valence-electron chi connectivity index (χ1n) is 24.4. The minimum atomic E-state index is -2.08. The van der Waals surface area contributed by atoms with Crippen molar-refractivity contribution in [3.63, 3.8) is 0 Å². The molecule has 0 aromatic carbocycles. The van der Waals surface area contributed by atoms with Gasteiger partial charge in [-0.05, 0) is 137 Å². The number of carbonyl (C=O) groups excluding carboxylic acids is 5. The Labute approximate surface area is 406 Å². The van der Waals surface area contributed by atoms with Gasteiger partial charge in [0.05, 0.1) is 24.0 Å². The molecule has 8 aliphatic rings. The summed E-state index contributed by atoms with van der Waals surface area (Å²) in [6, 6.07) is 0. The Kier molecular flexibility index (Phi) is 14.5. The molecule has 0 aromatic heterocycles. The minimum Gasteiger partial charge on any atom is -0.451 e. The van der Waals surface area contributed by atoms with Gasteiger partial charge in [0.1, 0.15) is 23.9 Å². The third-order valence-electron chi connectivity index (χ3n) is 18.5. The fourth-order valence-electron chi connectivity index (χ4n) is 13.8. The van der Waals surface area contributed by atoms with Crippen LogP contribution < -0.4 is 0 Å². The molecule has 4 bridgehead atoms. The molecule has 0 aliphatic heterocycles. The second-order valence-electron chi connectivity index (χ2n) is 22.5. The fourth-order valence-corrected chi connectivity index (χ4v) is 13.8. The third kappa shape index (κ3) is 7.72. The summed E-state index contributed by atoms with van der Waals surface area (Å²) in [6.07, 6.45) is 7.57. The third-order valence-corrected chi connectivity index (χ3v) is 18.5. The smallest absolute Gasteiger partial charge is 0.341 e. The van der Waals surface area contributed by atoms with Gasteiger partial charge in [0.25, 0.3) is 0 Å². The van der Waals surface area contributed by atoms with E-state index in [1.807, 2.05) is 13.8 Å². The molecule has 0 radical (unpaired) electrons. The summed E-state index contributed by atoms with van der Waals surface area (Å²) in [5.41, 5.74) is -4.09. The fraction of sp³-hybridized carbons (Fsp3) is 0.655. The molecule has 0 amide bonds. The van der Waals surface area contributed by atoms with Crippen molar-refractivity contribution in [2.75, 3.05) is 13.2 Å². The average Bonchev–Trinajstić information content (AvgIpc) is 4.03. The number of Topliss-reactive ketones (excluding diaryl/α,β-unsaturated/α-hetero) is 2. The van der Waals surface area contributed by atoms with Gasteiger partial charge in [-0.2, -0.15) is 0 Å². The lowest BCUT2D eigenvalue weighted by atomic mass is 9.59. The molecule has 69 heavy (non-hydrogen) atoms. The van der Waals surface area contributed by atoms with Crippen molar-refractivity contribution in [1.29, 1.82) is 0 Å². The van der Waals surface area contributed by atoms with Gasteiger partial charge < -0.3 is 45.2 Å². The highest BCUT2D eigenvalue weighted by Gasteiger charge is 2.78. The normalized spacial score (nSPS) is 42.1. The molecule has 16 atom stereocenters. The summed E-state index contributed by atoms with van der Waals surface area (Å²) < 4.78 is 10.3. The second-order valence-corrected chi connectivity index (χ2v) is 22.5. The van der Waals surface area contributed by atoms with Crippen LogP contribution >= 0.6 is 0 Å². The van der Waals surface area contributed by atoms with Gasteiger partial charge in [-0.3, -0.25) is 9.59 Å². The number of aliphatic hydroxyl groups is 7. The highest BCUT2D eigenvalue weighted by atomic mass is 16.6. The molecule has 0 heterocycles. The molecular weight excluding hydrogens is 885 g/mol. The van der Waals surface area contributed by atoms with Crippen LogP contribution in [0.15, 0.2) is 81.5 Å². The van der Waals surface area contributed by atoms with E-state index < -0.39 is 89.4 Å². The molecule has 0 unspecified atom stereocenters. The number of hydrogen-bond donors (Lipinski definition) is 7. The van der Waals surface area contributed by atoms with Crippen molar-refractivity contribution in [3.8, 4) is 0 Å². The highest BCUT2D eigenvalue weighted by molar-refractivity contribution is 6.01. The van der Waals surface area contributed by atoms with Crippen LogP contribution in [0.25, 0.3) is 0 Å². The van der Waals surface area contributed by atoms with Crippen LogP contribution in [-0.4, -0.2) is 114 Å². The van der Waals surface area contributed by atoms with Crippen LogP contribution in [0.2, 0.25) is 0 Å². The summed E-state index contributed by atoms with van der Waals surface area (Å²) >= 11 is 0. The molecule has 4 fully saturated rings. The van der Waals surface area contributed by atoms with Gasteiger partial charge in [-0.1, -0.05) is 84.1 Å². The molecule has 7 N–H and O–H groups in total. The first-order valence-corrected chi connectivity index (χ1v) is 24.4. The molecule has 0 aromatic rings. The molecule has 14 heteroatoms. The van der Waals surface area contributed by atoms with E-state index in [1.54, 1.807) is 97.9 Å². The van der Waals surface area contributed by atoms with Crippen molar-refractivity contribution in [2.24, 2.45) is 69.0 Å². The number of rotatable bonds is 6. The highest BCUT2D eigenvalue weighted by Crippen LogP contribution is 2.73. The minimum absolute atomic E-state index is 0.0209.